The molecule has 0 radical (unpaired) electrons. The van der Waals surface area contributed by atoms with E-state index in [1.807, 2.05) is 30.3 Å². The van der Waals surface area contributed by atoms with E-state index >= 15 is 0 Å². The maximum Gasteiger partial charge on any atom is 0.257 e. The summed E-state index contributed by atoms with van der Waals surface area (Å²) in [4.78, 5) is 16.3. The Labute approximate surface area is 168 Å². The fraction of sp³-hybridized carbons (Fsp3) is 0.143. The van der Waals surface area contributed by atoms with Crippen molar-refractivity contribution in [2.45, 2.75) is 13.0 Å². The number of halogens is 2. The van der Waals surface area contributed by atoms with Crippen LogP contribution in [0.5, 0.6) is 0 Å². The van der Waals surface area contributed by atoms with Crippen LogP contribution in [-0.2, 0) is 13.0 Å². The molecule has 0 aliphatic carbocycles. The van der Waals surface area contributed by atoms with E-state index in [0.29, 0.717) is 28.0 Å². The molecule has 0 unspecified atom stereocenters. The number of benzene rings is 2. The first-order chi connectivity index (χ1) is 13.1. The highest BCUT2D eigenvalue weighted by Gasteiger charge is 2.10. The van der Waals surface area contributed by atoms with Crippen molar-refractivity contribution in [3.63, 3.8) is 0 Å². The minimum atomic E-state index is -0.282. The Morgan fingerprint density at radius 1 is 0.963 bits per heavy atom. The summed E-state index contributed by atoms with van der Waals surface area (Å²) >= 11 is 12.0. The molecular formula is C21H19Cl2N3O. The SMILES string of the molecule is O=C(Nc1cc(CNCCc2ccccc2)ccc1Cl)c1ccc(Cl)nc1. The fourth-order valence-corrected chi connectivity index (χ4v) is 2.87. The van der Waals surface area contributed by atoms with Gasteiger partial charge in [-0.05, 0) is 48.4 Å². The van der Waals surface area contributed by atoms with Crippen LogP contribution in [-0.4, -0.2) is 17.4 Å². The number of nitrogens with one attached hydrogen (secondary N) is 2. The molecule has 4 nitrogen and oxygen atoms in total. The monoisotopic (exact) mass is 399 g/mol. The van der Waals surface area contributed by atoms with Gasteiger partial charge in [0.15, 0.2) is 0 Å². The first-order valence-electron chi connectivity index (χ1n) is 8.58. The second-order valence-corrected chi connectivity index (χ2v) is 6.84. The van der Waals surface area contributed by atoms with E-state index < -0.39 is 0 Å². The van der Waals surface area contributed by atoms with E-state index in [1.165, 1.54) is 11.8 Å². The van der Waals surface area contributed by atoms with Gasteiger partial charge in [-0.1, -0.05) is 59.6 Å². The van der Waals surface area contributed by atoms with E-state index in [-0.39, 0.29) is 5.91 Å². The molecule has 3 rings (SSSR count). The number of hydrogen-bond acceptors (Lipinski definition) is 3. The molecule has 6 heteroatoms. The van der Waals surface area contributed by atoms with Gasteiger partial charge in [0.05, 0.1) is 16.3 Å². The molecule has 0 bridgehead atoms. The maximum absolute atomic E-state index is 12.3. The van der Waals surface area contributed by atoms with Crippen molar-refractivity contribution in [3.05, 3.63) is 93.7 Å². The van der Waals surface area contributed by atoms with Crippen LogP contribution in [0.2, 0.25) is 10.2 Å². The van der Waals surface area contributed by atoms with Gasteiger partial charge in [-0.3, -0.25) is 4.79 Å². The topological polar surface area (TPSA) is 54.0 Å². The molecule has 0 saturated carbocycles. The Kier molecular flexibility index (Phi) is 6.82. The number of aromatic nitrogens is 1. The number of nitrogens with zero attached hydrogens (tertiary/aromatic N) is 1. The number of hydrogen-bond donors (Lipinski definition) is 2. The molecule has 2 N–H and O–H groups in total. The van der Waals surface area contributed by atoms with Gasteiger partial charge in [0.1, 0.15) is 5.15 Å². The summed E-state index contributed by atoms with van der Waals surface area (Å²) in [5.41, 5.74) is 3.32. The highest BCUT2D eigenvalue weighted by molar-refractivity contribution is 6.34. The average Bonchev–Trinajstić information content (AvgIpc) is 2.69. The number of carbonyl (C=O) groups excluding carboxylic acids is 1. The van der Waals surface area contributed by atoms with Gasteiger partial charge >= 0.3 is 0 Å². The molecular weight excluding hydrogens is 381 g/mol. The summed E-state index contributed by atoms with van der Waals surface area (Å²) < 4.78 is 0. The van der Waals surface area contributed by atoms with Crippen LogP contribution < -0.4 is 10.6 Å². The quantitative estimate of drug-likeness (QED) is 0.435. The number of pyridine rings is 1. The predicted octanol–water partition coefficient (Wildman–Crippen LogP) is 4.97. The first kappa shape index (κ1) is 19.4. The molecule has 0 spiro atoms. The zero-order valence-corrected chi connectivity index (χ0v) is 16.1. The summed E-state index contributed by atoms with van der Waals surface area (Å²) in [5.74, 6) is -0.282. The number of anilines is 1. The van der Waals surface area contributed by atoms with E-state index in [2.05, 4.69) is 27.8 Å². The van der Waals surface area contributed by atoms with Crippen molar-refractivity contribution in [1.29, 1.82) is 0 Å². The summed E-state index contributed by atoms with van der Waals surface area (Å²) in [6.07, 6.45) is 2.39. The minimum absolute atomic E-state index is 0.282. The largest absolute Gasteiger partial charge is 0.321 e. The van der Waals surface area contributed by atoms with Gasteiger partial charge in [0.25, 0.3) is 5.91 Å². The van der Waals surface area contributed by atoms with Gasteiger partial charge < -0.3 is 10.6 Å². The summed E-state index contributed by atoms with van der Waals surface area (Å²) in [6.45, 7) is 1.56. The molecule has 3 aromatic rings. The highest BCUT2D eigenvalue weighted by atomic mass is 35.5. The lowest BCUT2D eigenvalue weighted by Gasteiger charge is -2.10. The van der Waals surface area contributed by atoms with Gasteiger partial charge in [-0.15, -0.1) is 0 Å². The van der Waals surface area contributed by atoms with Crippen molar-refractivity contribution in [2.24, 2.45) is 0 Å². The molecule has 0 saturated heterocycles. The molecule has 0 fully saturated rings. The molecule has 0 aliphatic rings. The van der Waals surface area contributed by atoms with E-state index in [4.69, 9.17) is 23.2 Å². The smallest absolute Gasteiger partial charge is 0.257 e. The lowest BCUT2D eigenvalue weighted by atomic mass is 10.1. The summed E-state index contributed by atoms with van der Waals surface area (Å²) in [6, 6.07) is 19.1. The van der Waals surface area contributed by atoms with Crippen LogP contribution in [0.3, 0.4) is 0 Å². The first-order valence-corrected chi connectivity index (χ1v) is 9.33. The Morgan fingerprint density at radius 3 is 2.52 bits per heavy atom. The summed E-state index contributed by atoms with van der Waals surface area (Å²) in [5, 5.41) is 7.05. The second kappa shape index (κ2) is 9.51. The third kappa shape index (κ3) is 5.79. The van der Waals surface area contributed by atoms with Gasteiger partial charge in [-0.25, -0.2) is 4.98 Å². The van der Waals surface area contributed by atoms with Crippen molar-refractivity contribution >= 4 is 34.8 Å². The molecule has 2 aromatic carbocycles. The Balaban J connectivity index is 1.57. The minimum Gasteiger partial charge on any atom is -0.321 e. The zero-order valence-electron chi connectivity index (χ0n) is 14.6. The molecule has 138 valence electrons. The molecule has 0 aliphatic heterocycles. The van der Waals surface area contributed by atoms with E-state index in [9.17, 15) is 4.79 Å². The lowest BCUT2D eigenvalue weighted by Crippen LogP contribution is -2.17. The van der Waals surface area contributed by atoms with Crippen LogP contribution in [0.1, 0.15) is 21.5 Å². The van der Waals surface area contributed by atoms with Gasteiger partial charge in [0, 0.05) is 12.7 Å². The van der Waals surface area contributed by atoms with Gasteiger partial charge in [-0.2, -0.15) is 0 Å². The molecule has 1 heterocycles. The Morgan fingerprint density at radius 2 is 1.78 bits per heavy atom. The van der Waals surface area contributed by atoms with Crippen LogP contribution in [0.4, 0.5) is 5.69 Å². The molecule has 0 atom stereocenters. The normalized spacial score (nSPS) is 10.6. The highest BCUT2D eigenvalue weighted by Crippen LogP contribution is 2.24. The standard InChI is InChI=1S/C21H19Cl2N3O/c22-18-8-6-16(13-24-11-10-15-4-2-1-3-5-15)12-19(18)26-21(27)17-7-9-20(23)25-14-17/h1-9,12,14,24H,10-11,13H2,(H,26,27). The third-order valence-electron chi connectivity index (χ3n) is 4.03. The lowest BCUT2D eigenvalue weighted by molar-refractivity contribution is 0.102. The Bertz CT molecular complexity index is 899. The third-order valence-corrected chi connectivity index (χ3v) is 4.58. The van der Waals surface area contributed by atoms with Crippen LogP contribution >= 0.6 is 23.2 Å². The van der Waals surface area contributed by atoms with Crippen LogP contribution in [0, 0.1) is 0 Å². The van der Waals surface area contributed by atoms with Crippen LogP contribution in [0.25, 0.3) is 0 Å². The fourth-order valence-electron chi connectivity index (χ4n) is 2.59. The van der Waals surface area contributed by atoms with Crippen LogP contribution in [0.15, 0.2) is 66.9 Å². The molecule has 27 heavy (non-hydrogen) atoms. The average molecular weight is 400 g/mol. The van der Waals surface area contributed by atoms with Gasteiger partial charge in [0.2, 0.25) is 0 Å². The summed E-state index contributed by atoms with van der Waals surface area (Å²) in [7, 11) is 0. The van der Waals surface area contributed by atoms with E-state index in [1.54, 1.807) is 18.2 Å². The molecule has 1 amide bonds. The zero-order chi connectivity index (χ0) is 19.1. The molecule has 1 aromatic heterocycles. The number of carbonyl (C=O) groups is 1. The van der Waals surface area contributed by atoms with Crippen molar-refractivity contribution in [2.75, 3.05) is 11.9 Å². The van der Waals surface area contributed by atoms with Crippen molar-refractivity contribution in [3.8, 4) is 0 Å². The predicted molar refractivity (Wildman–Crippen MR) is 111 cm³/mol. The maximum atomic E-state index is 12.3. The number of rotatable bonds is 7. The second-order valence-electron chi connectivity index (χ2n) is 6.05. The number of amides is 1. The van der Waals surface area contributed by atoms with E-state index in [0.717, 1.165) is 18.5 Å². The van der Waals surface area contributed by atoms with Crippen molar-refractivity contribution < 1.29 is 4.79 Å². The Hall–Kier alpha value is -2.40. The van der Waals surface area contributed by atoms with Crippen molar-refractivity contribution in [1.82, 2.24) is 10.3 Å².